The molecule has 3 rings (SSSR count). The molecule has 0 heterocycles. The van der Waals surface area contributed by atoms with Crippen molar-refractivity contribution in [3.8, 4) is 5.75 Å². The van der Waals surface area contributed by atoms with Crippen LogP contribution in [0.3, 0.4) is 0 Å². The van der Waals surface area contributed by atoms with E-state index in [1.165, 1.54) is 18.3 Å². The van der Waals surface area contributed by atoms with Gasteiger partial charge >= 0.3 is 0 Å². The number of para-hydroxylation sites is 1. The van der Waals surface area contributed by atoms with Crippen molar-refractivity contribution < 1.29 is 14.5 Å². The number of rotatable bonds is 8. The second-order valence-electron chi connectivity index (χ2n) is 6.44. The molecule has 0 saturated heterocycles. The third-order valence-corrected chi connectivity index (χ3v) is 4.75. The molecule has 0 saturated carbocycles. The average molecular weight is 458 g/mol. The number of nitrogens with one attached hydrogen (secondary N) is 1. The highest BCUT2D eigenvalue weighted by molar-refractivity contribution is 6.37. The zero-order chi connectivity index (χ0) is 22.2. The lowest BCUT2D eigenvalue weighted by molar-refractivity contribution is -0.385. The van der Waals surface area contributed by atoms with Crippen molar-refractivity contribution in [1.82, 2.24) is 5.43 Å². The molecule has 0 aromatic heterocycles. The third kappa shape index (κ3) is 6.28. The molecule has 0 radical (unpaired) electrons. The van der Waals surface area contributed by atoms with Crippen molar-refractivity contribution in [3.05, 3.63) is 104 Å². The number of nitrogens with zero attached hydrogens (tertiary/aromatic N) is 2. The van der Waals surface area contributed by atoms with Gasteiger partial charge in [0.1, 0.15) is 6.61 Å². The van der Waals surface area contributed by atoms with Gasteiger partial charge in [0.25, 0.3) is 5.69 Å². The van der Waals surface area contributed by atoms with E-state index in [1.807, 2.05) is 30.3 Å². The highest BCUT2D eigenvalue weighted by atomic mass is 35.5. The van der Waals surface area contributed by atoms with Crippen LogP contribution < -0.4 is 10.2 Å². The van der Waals surface area contributed by atoms with E-state index in [4.69, 9.17) is 27.9 Å². The number of halogens is 2. The Morgan fingerprint density at radius 1 is 1.06 bits per heavy atom. The Balaban J connectivity index is 1.61. The number of benzene rings is 3. The number of amides is 1. The highest BCUT2D eigenvalue weighted by Crippen LogP contribution is 2.34. The van der Waals surface area contributed by atoms with Crippen LogP contribution in [-0.2, 0) is 17.8 Å². The van der Waals surface area contributed by atoms with Crippen molar-refractivity contribution in [1.29, 1.82) is 0 Å². The Hall–Kier alpha value is -3.42. The fourth-order valence-corrected chi connectivity index (χ4v) is 3.36. The van der Waals surface area contributed by atoms with Gasteiger partial charge in [-0.05, 0) is 23.3 Å². The molecule has 7 nitrogen and oxygen atoms in total. The fourth-order valence-electron chi connectivity index (χ4n) is 2.75. The summed E-state index contributed by atoms with van der Waals surface area (Å²) in [4.78, 5) is 22.6. The molecule has 0 aliphatic carbocycles. The zero-order valence-corrected chi connectivity index (χ0v) is 17.6. The van der Waals surface area contributed by atoms with Crippen LogP contribution >= 0.6 is 23.2 Å². The van der Waals surface area contributed by atoms with E-state index in [0.29, 0.717) is 33.5 Å². The number of hydrogen-bond donors (Lipinski definition) is 1. The molecule has 0 aliphatic rings. The Kier molecular flexibility index (Phi) is 7.59. The summed E-state index contributed by atoms with van der Waals surface area (Å²) in [6, 6.07) is 18.8. The van der Waals surface area contributed by atoms with E-state index < -0.39 is 10.8 Å². The predicted octanol–water partition coefficient (Wildman–Crippen LogP) is 5.17. The summed E-state index contributed by atoms with van der Waals surface area (Å²) >= 11 is 12.5. The fraction of sp³-hybridized carbons (Fsp3) is 0.0909. The van der Waals surface area contributed by atoms with Gasteiger partial charge in [0.15, 0.2) is 5.75 Å². The first kappa shape index (κ1) is 22.3. The molecular formula is C22H17Cl2N3O4. The zero-order valence-electron chi connectivity index (χ0n) is 16.1. The van der Waals surface area contributed by atoms with Crippen LogP contribution in [0.4, 0.5) is 5.69 Å². The largest absolute Gasteiger partial charge is 0.486 e. The van der Waals surface area contributed by atoms with Gasteiger partial charge in [-0.15, -0.1) is 0 Å². The Labute approximate surface area is 188 Å². The third-order valence-electron chi connectivity index (χ3n) is 4.19. The minimum Gasteiger partial charge on any atom is -0.486 e. The molecule has 0 spiro atoms. The van der Waals surface area contributed by atoms with Gasteiger partial charge in [-0.25, -0.2) is 5.43 Å². The van der Waals surface area contributed by atoms with Crippen LogP contribution in [0, 0.1) is 10.1 Å². The molecule has 31 heavy (non-hydrogen) atoms. The first-order valence-electron chi connectivity index (χ1n) is 9.14. The van der Waals surface area contributed by atoms with Crippen LogP contribution in [0.2, 0.25) is 10.0 Å². The van der Waals surface area contributed by atoms with Crippen molar-refractivity contribution in [2.24, 2.45) is 5.10 Å². The molecule has 0 atom stereocenters. The van der Waals surface area contributed by atoms with Gasteiger partial charge in [-0.3, -0.25) is 14.9 Å². The maximum atomic E-state index is 12.1. The normalized spacial score (nSPS) is 10.8. The highest BCUT2D eigenvalue weighted by Gasteiger charge is 2.15. The topological polar surface area (TPSA) is 93.8 Å². The van der Waals surface area contributed by atoms with Crippen molar-refractivity contribution in [2.45, 2.75) is 13.0 Å². The van der Waals surface area contributed by atoms with E-state index in [-0.39, 0.29) is 12.1 Å². The smallest absolute Gasteiger partial charge is 0.273 e. The summed E-state index contributed by atoms with van der Waals surface area (Å²) in [5.41, 5.74) is 4.04. The van der Waals surface area contributed by atoms with Gasteiger partial charge in [0.2, 0.25) is 5.91 Å². The molecule has 3 aromatic rings. The number of hydrazone groups is 1. The lowest BCUT2D eigenvalue weighted by atomic mass is 10.1. The minimum atomic E-state index is -0.530. The van der Waals surface area contributed by atoms with Gasteiger partial charge in [0.05, 0.1) is 27.6 Å². The lowest BCUT2D eigenvalue weighted by Crippen LogP contribution is -2.20. The molecular weight excluding hydrogens is 441 g/mol. The van der Waals surface area contributed by atoms with Gasteiger partial charge in [-0.1, -0.05) is 71.7 Å². The van der Waals surface area contributed by atoms with Crippen molar-refractivity contribution >= 4 is 41.0 Å². The maximum absolute atomic E-state index is 12.1. The quantitative estimate of drug-likeness (QED) is 0.286. The number of nitro groups is 1. The molecule has 0 aliphatic heterocycles. The first-order chi connectivity index (χ1) is 14.9. The maximum Gasteiger partial charge on any atom is 0.273 e. The van der Waals surface area contributed by atoms with Crippen LogP contribution in [0.5, 0.6) is 5.75 Å². The summed E-state index contributed by atoms with van der Waals surface area (Å²) in [6.07, 6.45) is 1.19. The second-order valence-corrected chi connectivity index (χ2v) is 7.26. The summed E-state index contributed by atoms with van der Waals surface area (Å²) in [7, 11) is 0. The van der Waals surface area contributed by atoms with E-state index >= 15 is 0 Å². The number of carbonyl (C=O) groups excluding carboxylic acids is 1. The predicted molar refractivity (Wildman–Crippen MR) is 120 cm³/mol. The summed E-state index contributed by atoms with van der Waals surface area (Å²) < 4.78 is 5.72. The molecule has 0 unspecified atom stereocenters. The molecule has 9 heteroatoms. The standard InChI is InChI=1S/C22H17Cl2N3O4/c23-18-10-16(11-19(24)22(18)31-14-15-6-2-1-3-7-15)13-25-26-21(28)12-17-8-4-5-9-20(17)27(29)30/h1-11,13H,12,14H2,(H,26,28)/b25-13+. The number of hydrogen-bond acceptors (Lipinski definition) is 5. The molecule has 1 amide bonds. The average Bonchev–Trinajstić information content (AvgIpc) is 2.74. The van der Waals surface area contributed by atoms with Crippen LogP contribution in [0.1, 0.15) is 16.7 Å². The molecule has 1 N–H and O–H groups in total. The van der Waals surface area contributed by atoms with E-state index in [2.05, 4.69) is 10.5 Å². The van der Waals surface area contributed by atoms with Crippen molar-refractivity contribution in [2.75, 3.05) is 0 Å². The Bertz CT molecular complexity index is 1100. The second kappa shape index (κ2) is 10.6. The summed E-state index contributed by atoms with van der Waals surface area (Å²) in [6.45, 7) is 0.315. The van der Waals surface area contributed by atoms with Gasteiger partial charge < -0.3 is 4.74 Å². The molecule has 3 aromatic carbocycles. The molecule has 0 fully saturated rings. The minimum absolute atomic E-state index is 0.119. The Morgan fingerprint density at radius 3 is 2.39 bits per heavy atom. The number of ether oxygens (including phenoxy) is 1. The summed E-state index contributed by atoms with van der Waals surface area (Å²) in [5, 5.41) is 15.5. The first-order valence-corrected chi connectivity index (χ1v) is 9.89. The van der Waals surface area contributed by atoms with Crippen molar-refractivity contribution in [3.63, 3.8) is 0 Å². The number of carbonyl (C=O) groups is 1. The SMILES string of the molecule is O=C(Cc1ccccc1[N+](=O)[O-])N/N=C/c1cc(Cl)c(OCc2ccccc2)c(Cl)c1. The van der Waals surface area contributed by atoms with Crippen LogP contribution in [0.15, 0.2) is 71.8 Å². The molecule has 0 bridgehead atoms. The van der Waals surface area contributed by atoms with Gasteiger partial charge in [0, 0.05) is 11.6 Å². The monoisotopic (exact) mass is 457 g/mol. The van der Waals surface area contributed by atoms with Gasteiger partial charge in [-0.2, -0.15) is 5.10 Å². The van der Waals surface area contributed by atoms with E-state index in [1.54, 1.807) is 24.3 Å². The number of nitro benzene ring substituents is 1. The molecule has 158 valence electrons. The Morgan fingerprint density at radius 2 is 1.71 bits per heavy atom. The van der Waals surface area contributed by atoms with Crippen LogP contribution in [-0.4, -0.2) is 17.0 Å². The van der Waals surface area contributed by atoms with Crippen LogP contribution in [0.25, 0.3) is 0 Å². The van der Waals surface area contributed by atoms with E-state index in [0.717, 1.165) is 5.56 Å². The summed E-state index contributed by atoms with van der Waals surface area (Å²) in [5.74, 6) is -0.143. The lowest BCUT2D eigenvalue weighted by Gasteiger charge is -2.11. The van der Waals surface area contributed by atoms with E-state index in [9.17, 15) is 14.9 Å².